The van der Waals surface area contributed by atoms with Crippen LogP contribution in [0.5, 0.6) is 11.5 Å². The fourth-order valence-corrected chi connectivity index (χ4v) is 2.53. The quantitative estimate of drug-likeness (QED) is 0.322. The van der Waals surface area contributed by atoms with Gasteiger partial charge in [-0.25, -0.2) is 0 Å². The lowest BCUT2D eigenvalue weighted by Gasteiger charge is -2.14. The highest BCUT2D eigenvalue weighted by Crippen LogP contribution is 2.28. The third-order valence-corrected chi connectivity index (χ3v) is 3.92. The van der Waals surface area contributed by atoms with Gasteiger partial charge >= 0.3 is 0 Å². The number of hydrogen-bond acceptors (Lipinski definition) is 3. The standard InChI is InChI=1S/C21H29N3O2.HI/c1-4-14-26-19-11-10-18(15-20(19)25-3)16-24-21(22-2)23-13-12-17-8-6-5-7-9-17;/h5-11,15H,4,12-14,16H2,1-3H3,(H2,22,23,24);1H. The molecule has 0 aliphatic rings. The number of guanidine groups is 1. The minimum Gasteiger partial charge on any atom is -0.493 e. The predicted molar refractivity (Wildman–Crippen MR) is 123 cm³/mol. The molecule has 0 saturated heterocycles. The Morgan fingerprint density at radius 2 is 1.78 bits per heavy atom. The van der Waals surface area contributed by atoms with E-state index in [0.717, 1.165) is 42.4 Å². The van der Waals surface area contributed by atoms with Crippen LogP contribution in [-0.4, -0.2) is 33.3 Å². The average Bonchev–Trinajstić information content (AvgIpc) is 2.70. The molecular weight excluding hydrogens is 453 g/mol. The highest BCUT2D eigenvalue weighted by Gasteiger charge is 2.06. The number of methoxy groups -OCH3 is 1. The Kier molecular flexibility index (Phi) is 11.3. The molecule has 0 amide bonds. The summed E-state index contributed by atoms with van der Waals surface area (Å²) in [6, 6.07) is 16.4. The van der Waals surface area contributed by atoms with Crippen LogP contribution in [0.1, 0.15) is 24.5 Å². The van der Waals surface area contributed by atoms with E-state index in [1.807, 2.05) is 24.3 Å². The van der Waals surface area contributed by atoms with Crippen LogP contribution in [0.2, 0.25) is 0 Å². The number of ether oxygens (including phenoxy) is 2. The second-order valence-electron chi connectivity index (χ2n) is 5.92. The second kappa shape index (κ2) is 13.2. The van der Waals surface area contributed by atoms with Gasteiger partial charge in [-0.3, -0.25) is 4.99 Å². The first kappa shape index (κ1) is 23.1. The number of halogens is 1. The summed E-state index contributed by atoms with van der Waals surface area (Å²) in [5, 5.41) is 6.67. The van der Waals surface area contributed by atoms with Crippen molar-refractivity contribution in [2.45, 2.75) is 26.3 Å². The fraction of sp³-hybridized carbons (Fsp3) is 0.381. The third kappa shape index (κ3) is 8.07. The van der Waals surface area contributed by atoms with Gasteiger partial charge < -0.3 is 20.1 Å². The van der Waals surface area contributed by atoms with Crippen LogP contribution >= 0.6 is 24.0 Å². The van der Waals surface area contributed by atoms with Crippen molar-refractivity contribution in [3.8, 4) is 11.5 Å². The summed E-state index contributed by atoms with van der Waals surface area (Å²) in [7, 11) is 3.44. The van der Waals surface area contributed by atoms with E-state index < -0.39 is 0 Å². The monoisotopic (exact) mass is 483 g/mol. The number of nitrogens with one attached hydrogen (secondary N) is 2. The Morgan fingerprint density at radius 3 is 2.44 bits per heavy atom. The Morgan fingerprint density at radius 1 is 1.00 bits per heavy atom. The zero-order valence-electron chi connectivity index (χ0n) is 16.3. The van der Waals surface area contributed by atoms with Crippen molar-refractivity contribution < 1.29 is 9.47 Å². The van der Waals surface area contributed by atoms with E-state index in [0.29, 0.717) is 13.2 Å². The molecule has 0 aliphatic heterocycles. The number of rotatable bonds is 9. The van der Waals surface area contributed by atoms with Crippen molar-refractivity contribution in [3.63, 3.8) is 0 Å². The van der Waals surface area contributed by atoms with E-state index in [1.165, 1.54) is 5.56 Å². The third-order valence-electron chi connectivity index (χ3n) is 3.92. The van der Waals surface area contributed by atoms with Crippen molar-refractivity contribution in [3.05, 3.63) is 59.7 Å². The molecule has 2 rings (SSSR count). The summed E-state index contributed by atoms with van der Waals surface area (Å²) in [6.45, 7) is 4.26. The number of benzene rings is 2. The molecule has 0 spiro atoms. The number of hydrogen-bond donors (Lipinski definition) is 2. The van der Waals surface area contributed by atoms with Crippen molar-refractivity contribution in [2.75, 3.05) is 27.3 Å². The molecule has 2 aromatic rings. The highest BCUT2D eigenvalue weighted by atomic mass is 127. The summed E-state index contributed by atoms with van der Waals surface area (Å²) >= 11 is 0. The summed E-state index contributed by atoms with van der Waals surface area (Å²) < 4.78 is 11.1. The summed E-state index contributed by atoms with van der Waals surface area (Å²) in [4.78, 5) is 4.27. The summed E-state index contributed by atoms with van der Waals surface area (Å²) in [5.74, 6) is 2.32. The van der Waals surface area contributed by atoms with Crippen LogP contribution in [0.3, 0.4) is 0 Å². The van der Waals surface area contributed by atoms with Crippen molar-refractivity contribution in [2.24, 2.45) is 4.99 Å². The lowest BCUT2D eigenvalue weighted by molar-refractivity contribution is 0.294. The van der Waals surface area contributed by atoms with Gasteiger partial charge in [0.1, 0.15) is 0 Å². The Bertz CT molecular complexity index is 693. The fourth-order valence-electron chi connectivity index (χ4n) is 2.53. The molecule has 0 radical (unpaired) electrons. The molecule has 0 unspecified atom stereocenters. The summed E-state index contributed by atoms with van der Waals surface area (Å²) in [5.41, 5.74) is 2.42. The van der Waals surface area contributed by atoms with Crippen LogP contribution < -0.4 is 20.1 Å². The van der Waals surface area contributed by atoms with Crippen LogP contribution in [0.25, 0.3) is 0 Å². The first-order chi connectivity index (χ1) is 12.8. The van der Waals surface area contributed by atoms with Crippen LogP contribution in [0.15, 0.2) is 53.5 Å². The Hall–Kier alpha value is -1.96. The Labute approximate surface area is 179 Å². The molecule has 5 nitrogen and oxygen atoms in total. The van der Waals surface area contributed by atoms with Gasteiger partial charge in [-0.15, -0.1) is 24.0 Å². The van der Waals surface area contributed by atoms with Gasteiger partial charge in [-0.1, -0.05) is 43.3 Å². The molecule has 0 aromatic heterocycles. The normalized spacial score (nSPS) is 10.7. The van der Waals surface area contributed by atoms with Crippen LogP contribution in [0.4, 0.5) is 0 Å². The molecule has 2 aromatic carbocycles. The molecule has 0 atom stereocenters. The SMILES string of the molecule is CCCOc1ccc(CNC(=NC)NCCc2ccccc2)cc1OC.I. The van der Waals surface area contributed by atoms with E-state index in [2.05, 4.69) is 46.8 Å². The van der Waals surface area contributed by atoms with Gasteiger partial charge in [0.05, 0.1) is 13.7 Å². The molecular formula is C21H30IN3O2. The van der Waals surface area contributed by atoms with Gasteiger partial charge in [0.25, 0.3) is 0 Å². The molecule has 0 saturated carbocycles. The smallest absolute Gasteiger partial charge is 0.191 e. The first-order valence-electron chi connectivity index (χ1n) is 9.05. The molecule has 27 heavy (non-hydrogen) atoms. The van der Waals surface area contributed by atoms with Gasteiger partial charge in [-0.05, 0) is 36.1 Å². The molecule has 0 fully saturated rings. The highest BCUT2D eigenvalue weighted by molar-refractivity contribution is 14.0. The van der Waals surface area contributed by atoms with E-state index in [1.54, 1.807) is 14.2 Å². The lowest BCUT2D eigenvalue weighted by atomic mass is 10.1. The topological polar surface area (TPSA) is 54.9 Å². The van der Waals surface area contributed by atoms with Crippen molar-refractivity contribution in [1.29, 1.82) is 0 Å². The first-order valence-corrected chi connectivity index (χ1v) is 9.05. The van der Waals surface area contributed by atoms with Gasteiger partial charge in [0.15, 0.2) is 17.5 Å². The maximum atomic E-state index is 5.69. The molecule has 6 heteroatoms. The molecule has 0 heterocycles. The predicted octanol–water partition coefficient (Wildman–Crippen LogP) is 4.01. The zero-order chi connectivity index (χ0) is 18.6. The number of nitrogens with zero attached hydrogens (tertiary/aromatic N) is 1. The minimum atomic E-state index is 0. The van der Waals surface area contributed by atoms with Gasteiger partial charge in [-0.2, -0.15) is 0 Å². The zero-order valence-corrected chi connectivity index (χ0v) is 18.7. The minimum absolute atomic E-state index is 0. The van der Waals surface area contributed by atoms with E-state index in [-0.39, 0.29) is 24.0 Å². The van der Waals surface area contributed by atoms with Gasteiger partial charge in [0, 0.05) is 20.1 Å². The molecule has 0 bridgehead atoms. The van der Waals surface area contributed by atoms with Crippen molar-refractivity contribution >= 4 is 29.9 Å². The van der Waals surface area contributed by atoms with Crippen molar-refractivity contribution in [1.82, 2.24) is 10.6 Å². The molecule has 0 aliphatic carbocycles. The Balaban J connectivity index is 0.00000364. The van der Waals surface area contributed by atoms with Gasteiger partial charge in [0.2, 0.25) is 0 Å². The second-order valence-corrected chi connectivity index (χ2v) is 5.92. The maximum absolute atomic E-state index is 5.69. The van der Waals surface area contributed by atoms with Crippen LogP contribution in [-0.2, 0) is 13.0 Å². The molecule has 148 valence electrons. The maximum Gasteiger partial charge on any atom is 0.191 e. The van der Waals surface area contributed by atoms with E-state index in [9.17, 15) is 0 Å². The molecule has 2 N–H and O–H groups in total. The lowest BCUT2D eigenvalue weighted by Crippen LogP contribution is -2.37. The average molecular weight is 483 g/mol. The van der Waals surface area contributed by atoms with Crippen LogP contribution in [0, 0.1) is 0 Å². The largest absolute Gasteiger partial charge is 0.493 e. The number of aliphatic imine (C=N–C) groups is 1. The summed E-state index contributed by atoms with van der Waals surface area (Å²) in [6.07, 6.45) is 1.93. The van der Waals surface area contributed by atoms with E-state index in [4.69, 9.17) is 9.47 Å². The van der Waals surface area contributed by atoms with E-state index >= 15 is 0 Å².